The largest absolute Gasteiger partial charge is 0.392 e. The summed E-state index contributed by atoms with van der Waals surface area (Å²) in [4.78, 5) is 12.5. The van der Waals surface area contributed by atoms with Crippen LogP contribution in [0.5, 0.6) is 0 Å². The molecular weight excluding hydrogens is 284 g/mol. The number of halogens is 2. The third-order valence-corrected chi connectivity index (χ3v) is 4.66. The smallest absolute Gasteiger partial charge is 0.288 e. The molecule has 2 atom stereocenters. The summed E-state index contributed by atoms with van der Waals surface area (Å²) in [6, 6.07) is 6.16. The third-order valence-electron chi connectivity index (χ3n) is 3.87. The van der Waals surface area contributed by atoms with Crippen LogP contribution in [0.1, 0.15) is 30.6 Å². The SMILES string of the molecule is CC1(C)C(O)CC1NC(=O)c1ccccc1SC(F)F. The van der Waals surface area contributed by atoms with Gasteiger partial charge in [0.1, 0.15) is 0 Å². The van der Waals surface area contributed by atoms with Crippen molar-refractivity contribution in [1.29, 1.82) is 0 Å². The molecule has 1 aromatic rings. The van der Waals surface area contributed by atoms with Crippen molar-refractivity contribution in [2.45, 2.75) is 43.1 Å². The van der Waals surface area contributed by atoms with Crippen molar-refractivity contribution in [2.24, 2.45) is 5.41 Å². The van der Waals surface area contributed by atoms with Crippen LogP contribution in [0.3, 0.4) is 0 Å². The summed E-state index contributed by atoms with van der Waals surface area (Å²) < 4.78 is 25.0. The first kappa shape index (κ1) is 15.3. The number of rotatable bonds is 4. The Morgan fingerprint density at radius 1 is 1.45 bits per heavy atom. The summed E-state index contributed by atoms with van der Waals surface area (Å²) in [5.41, 5.74) is -0.143. The minimum absolute atomic E-state index is 0.144. The van der Waals surface area contributed by atoms with E-state index >= 15 is 0 Å². The Bertz CT molecular complexity index is 508. The molecule has 1 aromatic carbocycles. The molecule has 2 unspecified atom stereocenters. The average molecular weight is 301 g/mol. The van der Waals surface area contributed by atoms with Gasteiger partial charge in [0, 0.05) is 16.4 Å². The van der Waals surface area contributed by atoms with E-state index in [1.54, 1.807) is 12.1 Å². The molecule has 1 aliphatic carbocycles. The Morgan fingerprint density at radius 2 is 2.10 bits per heavy atom. The topological polar surface area (TPSA) is 49.3 Å². The van der Waals surface area contributed by atoms with E-state index in [2.05, 4.69) is 5.32 Å². The highest BCUT2D eigenvalue weighted by molar-refractivity contribution is 7.99. The maximum Gasteiger partial charge on any atom is 0.288 e. The van der Waals surface area contributed by atoms with Gasteiger partial charge in [-0.1, -0.05) is 37.7 Å². The summed E-state index contributed by atoms with van der Waals surface area (Å²) in [6.07, 6.45) is 0.0431. The molecule has 2 N–H and O–H groups in total. The molecule has 0 saturated heterocycles. The zero-order chi connectivity index (χ0) is 14.9. The Labute approximate surface area is 120 Å². The van der Waals surface area contributed by atoms with E-state index in [4.69, 9.17) is 0 Å². The first-order valence-corrected chi connectivity index (χ1v) is 7.23. The van der Waals surface area contributed by atoms with E-state index in [0.717, 1.165) is 0 Å². The number of benzene rings is 1. The van der Waals surface area contributed by atoms with Crippen molar-refractivity contribution in [3.8, 4) is 0 Å². The molecule has 110 valence electrons. The summed E-state index contributed by atoms with van der Waals surface area (Å²) in [5.74, 6) is -2.94. The number of alkyl halides is 2. The van der Waals surface area contributed by atoms with E-state index in [1.807, 2.05) is 13.8 Å². The van der Waals surface area contributed by atoms with Crippen molar-refractivity contribution in [3.63, 3.8) is 0 Å². The molecule has 3 nitrogen and oxygen atoms in total. The van der Waals surface area contributed by atoms with Gasteiger partial charge in [0.15, 0.2) is 0 Å². The molecule has 1 saturated carbocycles. The van der Waals surface area contributed by atoms with Gasteiger partial charge in [0.2, 0.25) is 0 Å². The van der Waals surface area contributed by atoms with Gasteiger partial charge in [0.05, 0.1) is 11.7 Å². The fraction of sp³-hybridized carbons (Fsp3) is 0.500. The number of amides is 1. The lowest BCUT2D eigenvalue weighted by atomic mass is 9.64. The second kappa shape index (κ2) is 5.69. The van der Waals surface area contributed by atoms with Crippen LogP contribution >= 0.6 is 11.8 Å². The van der Waals surface area contributed by atoms with Gasteiger partial charge >= 0.3 is 0 Å². The lowest BCUT2D eigenvalue weighted by Gasteiger charge is -2.49. The van der Waals surface area contributed by atoms with Crippen LogP contribution in [0, 0.1) is 5.41 Å². The third kappa shape index (κ3) is 2.96. The Morgan fingerprint density at radius 3 is 2.65 bits per heavy atom. The summed E-state index contributed by atoms with van der Waals surface area (Å²) in [7, 11) is 0. The number of carbonyl (C=O) groups excluding carboxylic acids is 1. The number of aliphatic hydroxyl groups is 1. The summed E-state index contributed by atoms with van der Waals surface area (Å²) in [6.45, 7) is 3.73. The zero-order valence-corrected chi connectivity index (χ0v) is 12.1. The zero-order valence-electron chi connectivity index (χ0n) is 11.3. The minimum Gasteiger partial charge on any atom is -0.392 e. The standard InChI is InChI=1S/C14H17F2NO2S/c1-14(2)10(7-11(14)18)17-12(19)8-5-3-4-6-9(8)20-13(15)16/h3-6,10-11,13,18H,7H2,1-2H3,(H,17,19). The molecule has 0 bridgehead atoms. The molecule has 1 amide bonds. The van der Waals surface area contributed by atoms with E-state index in [0.29, 0.717) is 18.2 Å². The Hall–Kier alpha value is -1.14. The van der Waals surface area contributed by atoms with Crippen LogP contribution in [0.4, 0.5) is 8.78 Å². The number of nitrogens with one attached hydrogen (secondary N) is 1. The van der Waals surface area contributed by atoms with Crippen LogP contribution in [0.2, 0.25) is 0 Å². The van der Waals surface area contributed by atoms with Crippen molar-refractivity contribution >= 4 is 17.7 Å². The highest BCUT2D eigenvalue weighted by Crippen LogP contribution is 2.40. The van der Waals surface area contributed by atoms with E-state index in [-0.39, 0.29) is 27.8 Å². The van der Waals surface area contributed by atoms with Crippen LogP contribution < -0.4 is 5.32 Å². The van der Waals surface area contributed by atoms with Crippen LogP contribution in [0.15, 0.2) is 29.2 Å². The maximum absolute atomic E-state index is 12.5. The number of aliphatic hydroxyl groups excluding tert-OH is 1. The second-order valence-corrected chi connectivity index (χ2v) is 6.51. The molecule has 0 radical (unpaired) electrons. The molecular formula is C14H17F2NO2S. The monoisotopic (exact) mass is 301 g/mol. The molecule has 0 aromatic heterocycles. The molecule has 1 aliphatic rings. The van der Waals surface area contributed by atoms with E-state index in [1.165, 1.54) is 12.1 Å². The molecule has 6 heteroatoms. The lowest BCUT2D eigenvalue weighted by molar-refractivity contribution is -0.0689. The molecule has 2 rings (SSSR count). The van der Waals surface area contributed by atoms with Gasteiger partial charge in [-0.05, 0) is 18.6 Å². The number of thioether (sulfide) groups is 1. The predicted molar refractivity (Wildman–Crippen MR) is 74.0 cm³/mol. The van der Waals surface area contributed by atoms with Gasteiger partial charge in [-0.15, -0.1) is 0 Å². The molecule has 0 spiro atoms. The normalized spacial score (nSPS) is 24.3. The fourth-order valence-electron chi connectivity index (χ4n) is 2.24. The highest BCUT2D eigenvalue weighted by Gasteiger charge is 2.48. The Kier molecular flexibility index (Phi) is 4.34. The number of hydrogen-bond donors (Lipinski definition) is 2. The van der Waals surface area contributed by atoms with Gasteiger partial charge in [-0.25, -0.2) is 0 Å². The van der Waals surface area contributed by atoms with Crippen molar-refractivity contribution in [2.75, 3.05) is 0 Å². The van der Waals surface area contributed by atoms with Crippen LogP contribution in [-0.4, -0.2) is 28.9 Å². The maximum atomic E-state index is 12.5. The van der Waals surface area contributed by atoms with Gasteiger partial charge < -0.3 is 10.4 Å². The van der Waals surface area contributed by atoms with Crippen LogP contribution in [0.25, 0.3) is 0 Å². The lowest BCUT2D eigenvalue weighted by Crippen LogP contribution is -2.61. The fourth-order valence-corrected chi connectivity index (χ4v) is 2.87. The highest BCUT2D eigenvalue weighted by atomic mass is 32.2. The van der Waals surface area contributed by atoms with Crippen LogP contribution in [-0.2, 0) is 0 Å². The molecule has 20 heavy (non-hydrogen) atoms. The quantitative estimate of drug-likeness (QED) is 0.841. The van der Waals surface area contributed by atoms with Crippen molar-refractivity contribution in [3.05, 3.63) is 29.8 Å². The number of hydrogen-bond acceptors (Lipinski definition) is 3. The minimum atomic E-state index is -2.56. The molecule has 0 heterocycles. The van der Waals surface area contributed by atoms with Gasteiger partial charge in [-0.3, -0.25) is 4.79 Å². The first-order chi connectivity index (χ1) is 9.32. The second-order valence-electron chi connectivity index (χ2n) is 5.47. The van der Waals surface area contributed by atoms with E-state index < -0.39 is 11.9 Å². The van der Waals surface area contributed by atoms with Gasteiger partial charge in [-0.2, -0.15) is 8.78 Å². The van der Waals surface area contributed by atoms with Gasteiger partial charge in [0.25, 0.3) is 11.7 Å². The number of carbonyl (C=O) groups is 1. The summed E-state index contributed by atoms with van der Waals surface area (Å²) in [5, 5.41) is 12.5. The predicted octanol–water partition coefficient (Wildman–Crippen LogP) is 2.89. The summed E-state index contributed by atoms with van der Waals surface area (Å²) >= 11 is 0.363. The molecule has 1 fully saturated rings. The van der Waals surface area contributed by atoms with Crippen molar-refractivity contribution < 1.29 is 18.7 Å². The van der Waals surface area contributed by atoms with E-state index in [9.17, 15) is 18.7 Å². The Balaban J connectivity index is 2.10. The average Bonchev–Trinajstić information content (AvgIpc) is 2.38. The van der Waals surface area contributed by atoms with Crippen molar-refractivity contribution in [1.82, 2.24) is 5.32 Å². The first-order valence-electron chi connectivity index (χ1n) is 6.35. The molecule has 0 aliphatic heterocycles.